The maximum absolute atomic E-state index is 11.8. The predicted octanol–water partition coefficient (Wildman–Crippen LogP) is 0.394. The topological polar surface area (TPSA) is 104 Å². The summed E-state index contributed by atoms with van der Waals surface area (Å²) in [5, 5.41) is 18.5. The Kier molecular flexibility index (Phi) is 4.09. The van der Waals surface area contributed by atoms with Gasteiger partial charge in [0.15, 0.2) is 0 Å². The Bertz CT molecular complexity index is 593. The van der Waals surface area contributed by atoms with E-state index in [-0.39, 0.29) is 25.7 Å². The van der Waals surface area contributed by atoms with E-state index < -0.39 is 5.97 Å². The summed E-state index contributed by atoms with van der Waals surface area (Å²) in [7, 11) is 0. The molecule has 100 valence electrons. The van der Waals surface area contributed by atoms with Gasteiger partial charge in [-0.15, -0.1) is 0 Å². The monoisotopic (exact) mass is 263 g/mol. The van der Waals surface area contributed by atoms with Crippen LogP contribution < -0.4 is 5.32 Å². The summed E-state index contributed by atoms with van der Waals surface area (Å²) in [6, 6.07) is 5.19. The summed E-state index contributed by atoms with van der Waals surface area (Å²) in [6.45, 7) is 0.0539. The number of aliphatic carboxylic acids is 1. The number of carboxylic acid groups (broad SMARTS) is 1. The van der Waals surface area contributed by atoms with Crippen molar-refractivity contribution in [3.8, 4) is 0 Å². The maximum atomic E-state index is 11.8. The lowest BCUT2D eigenvalue weighted by molar-refractivity contribution is -0.142. The number of nitrogens with one attached hydrogen (secondary N) is 2. The van der Waals surface area contributed by atoms with Crippen LogP contribution in [-0.2, 0) is 9.53 Å². The van der Waals surface area contributed by atoms with E-state index in [0.29, 0.717) is 5.56 Å². The number of hydrogen-bond donors (Lipinski definition) is 3. The molecule has 1 aromatic heterocycles. The number of ether oxygens (including phenoxy) is 1. The lowest BCUT2D eigenvalue weighted by Crippen LogP contribution is -2.27. The van der Waals surface area contributed by atoms with Crippen LogP contribution in [0.4, 0.5) is 0 Å². The molecule has 0 radical (unpaired) electrons. The maximum Gasteiger partial charge on any atom is 0.329 e. The molecule has 19 heavy (non-hydrogen) atoms. The molecule has 1 aromatic carbocycles. The normalized spacial score (nSPS) is 10.5. The van der Waals surface area contributed by atoms with E-state index in [9.17, 15) is 9.59 Å². The number of rotatable bonds is 6. The minimum absolute atomic E-state index is 0.159. The van der Waals surface area contributed by atoms with Crippen molar-refractivity contribution in [2.24, 2.45) is 0 Å². The molecular formula is C12H13N3O4. The SMILES string of the molecule is O=C(O)COCCNC(=O)c1ccc2[nH]ncc2c1. The Balaban J connectivity index is 1.84. The Hall–Kier alpha value is -2.41. The van der Waals surface area contributed by atoms with Gasteiger partial charge in [0.1, 0.15) is 6.61 Å². The zero-order chi connectivity index (χ0) is 13.7. The number of aromatic amines is 1. The fraction of sp³-hybridized carbons (Fsp3) is 0.250. The molecule has 0 unspecified atom stereocenters. The second-order valence-corrected chi connectivity index (χ2v) is 3.87. The molecule has 0 aliphatic carbocycles. The van der Waals surface area contributed by atoms with E-state index in [1.165, 1.54) is 0 Å². The molecule has 0 aliphatic rings. The first-order chi connectivity index (χ1) is 9.16. The fourth-order valence-electron chi connectivity index (χ4n) is 1.58. The zero-order valence-electron chi connectivity index (χ0n) is 10.0. The van der Waals surface area contributed by atoms with Gasteiger partial charge >= 0.3 is 5.97 Å². The summed E-state index contributed by atoms with van der Waals surface area (Å²) >= 11 is 0. The number of amides is 1. The fourth-order valence-corrected chi connectivity index (χ4v) is 1.58. The highest BCUT2D eigenvalue weighted by Gasteiger charge is 2.06. The van der Waals surface area contributed by atoms with Crippen molar-refractivity contribution in [1.82, 2.24) is 15.5 Å². The van der Waals surface area contributed by atoms with Crippen LogP contribution in [0.3, 0.4) is 0 Å². The largest absolute Gasteiger partial charge is 0.480 e. The van der Waals surface area contributed by atoms with Crippen LogP contribution in [0.15, 0.2) is 24.4 Å². The molecule has 7 nitrogen and oxygen atoms in total. The van der Waals surface area contributed by atoms with E-state index in [0.717, 1.165) is 10.9 Å². The lowest BCUT2D eigenvalue weighted by Gasteiger charge is -2.05. The van der Waals surface area contributed by atoms with Gasteiger partial charge in [-0.1, -0.05) is 0 Å². The zero-order valence-corrected chi connectivity index (χ0v) is 10.0. The average Bonchev–Trinajstić information content (AvgIpc) is 2.84. The first-order valence-corrected chi connectivity index (χ1v) is 5.67. The average molecular weight is 263 g/mol. The third kappa shape index (κ3) is 3.52. The van der Waals surface area contributed by atoms with Crippen molar-refractivity contribution < 1.29 is 19.4 Å². The van der Waals surface area contributed by atoms with Gasteiger partial charge in [-0.3, -0.25) is 9.89 Å². The molecule has 3 N–H and O–H groups in total. The smallest absolute Gasteiger partial charge is 0.329 e. The molecule has 0 saturated heterocycles. The second-order valence-electron chi connectivity index (χ2n) is 3.87. The van der Waals surface area contributed by atoms with Crippen LogP contribution in [0.5, 0.6) is 0 Å². The summed E-state index contributed by atoms with van der Waals surface area (Å²) in [5.74, 6) is -1.27. The van der Waals surface area contributed by atoms with Crippen molar-refractivity contribution in [3.63, 3.8) is 0 Å². The van der Waals surface area contributed by atoms with Crippen molar-refractivity contribution >= 4 is 22.8 Å². The number of carboxylic acids is 1. The van der Waals surface area contributed by atoms with Gasteiger partial charge in [0.2, 0.25) is 0 Å². The van der Waals surface area contributed by atoms with Crippen LogP contribution in [-0.4, -0.2) is 46.9 Å². The molecule has 2 rings (SSSR count). The summed E-state index contributed by atoms with van der Waals surface area (Å²) < 4.78 is 4.81. The molecule has 0 fully saturated rings. The standard InChI is InChI=1S/C12H13N3O4/c16-11(17)7-19-4-3-13-12(18)8-1-2-10-9(5-8)6-14-15-10/h1-2,5-6H,3-4,7H2,(H,13,18)(H,14,15)(H,16,17). The van der Waals surface area contributed by atoms with Crippen LogP contribution >= 0.6 is 0 Å². The lowest BCUT2D eigenvalue weighted by atomic mass is 10.1. The molecule has 0 aliphatic heterocycles. The minimum Gasteiger partial charge on any atom is -0.480 e. The molecule has 2 aromatic rings. The van der Waals surface area contributed by atoms with Crippen LogP contribution in [0.25, 0.3) is 10.9 Å². The van der Waals surface area contributed by atoms with Crippen LogP contribution in [0, 0.1) is 0 Å². The van der Waals surface area contributed by atoms with Gasteiger partial charge in [0, 0.05) is 17.5 Å². The van der Waals surface area contributed by atoms with Gasteiger partial charge < -0.3 is 15.2 Å². The highest BCUT2D eigenvalue weighted by atomic mass is 16.5. The first-order valence-electron chi connectivity index (χ1n) is 5.67. The van der Waals surface area contributed by atoms with Crippen molar-refractivity contribution in [2.75, 3.05) is 19.8 Å². The second kappa shape index (κ2) is 5.96. The summed E-state index contributed by atoms with van der Waals surface area (Å²) in [5.41, 5.74) is 1.38. The Labute approximate surface area is 108 Å². The van der Waals surface area contributed by atoms with Crippen molar-refractivity contribution in [2.45, 2.75) is 0 Å². The number of nitrogens with zero attached hydrogens (tertiary/aromatic N) is 1. The molecular weight excluding hydrogens is 250 g/mol. The van der Waals surface area contributed by atoms with Crippen LogP contribution in [0.1, 0.15) is 10.4 Å². The van der Waals surface area contributed by atoms with E-state index in [1.807, 2.05) is 0 Å². The van der Waals surface area contributed by atoms with Crippen LogP contribution in [0.2, 0.25) is 0 Å². The third-order valence-electron chi connectivity index (χ3n) is 2.46. The number of H-pyrrole nitrogens is 1. The molecule has 1 heterocycles. The highest BCUT2D eigenvalue weighted by Crippen LogP contribution is 2.12. The van der Waals surface area contributed by atoms with E-state index >= 15 is 0 Å². The highest BCUT2D eigenvalue weighted by molar-refractivity contribution is 5.97. The van der Waals surface area contributed by atoms with Gasteiger partial charge in [-0.05, 0) is 18.2 Å². The summed E-state index contributed by atoms with van der Waals surface area (Å²) in [4.78, 5) is 22.0. The third-order valence-corrected chi connectivity index (χ3v) is 2.46. The molecule has 0 spiro atoms. The predicted molar refractivity (Wildman–Crippen MR) is 66.9 cm³/mol. The number of carbonyl (C=O) groups is 2. The summed E-state index contributed by atoms with van der Waals surface area (Å²) in [6.07, 6.45) is 1.64. The van der Waals surface area contributed by atoms with Gasteiger partial charge in [-0.2, -0.15) is 5.10 Å². The number of aromatic nitrogens is 2. The Morgan fingerprint density at radius 2 is 2.26 bits per heavy atom. The van der Waals surface area contributed by atoms with Gasteiger partial charge in [-0.25, -0.2) is 4.79 Å². The number of fused-ring (bicyclic) bond motifs is 1. The molecule has 0 saturated carbocycles. The number of hydrogen-bond acceptors (Lipinski definition) is 4. The van der Waals surface area contributed by atoms with Crippen molar-refractivity contribution in [3.05, 3.63) is 30.0 Å². The molecule has 7 heteroatoms. The van der Waals surface area contributed by atoms with E-state index in [2.05, 4.69) is 15.5 Å². The van der Waals surface area contributed by atoms with Crippen molar-refractivity contribution in [1.29, 1.82) is 0 Å². The quantitative estimate of drug-likeness (QED) is 0.654. The number of benzene rings is 1. The van der Waals surface area contributed by atoms with E-state index in [4.69, 9.17) is 9.84 Å². The number of carbonyl (C=O) groups excluding carboxylic acids is 1. The van der Waals surface area contributed by atoms with E-state index in [1.54, 1.807) is 24.4 Å². The first kappa shape index (κ1) is 13.0. The Morgan fingerprint density at radius 1 is 1.42 bits per heavy atom. The molecule has 0 atom stereocenters. The molecule has 0 bridgehead atoms. The van der Waals surface area contributed by atoms with Gasteiger partial charge in [0.05, 0.1) is 18.3 Å². The van der Waals surface area contributed by atoms with Gasteiger partial charge in [0.25, 0.3) is 5.91 Å². The molecule has 1 amide bonds. The minimum atomic E-state index is -1.03. The Morgan fingerprint density at radius 3 is 3.05 bits per heavy atom.